The molecule has 144 valence electrons. The number of anilines is 1. The molecular formula is C20H19N3O4S. The maximum Gasteiger partial charge on any atom is 0.231 e. The second-order valence-corrected chi connectivity index (χ2v) is 8.66. The molecule has 0 N–H and O–H groups in total. The van der Waals surface area contributed by atoms with Crippen molar-refractivity contribution in [2.24, 2.45) is 0 Å². The van der Waals surface area contributed by atoms with Gasteiger partial charge in [-0.1, -0.05) is 35.5 Å². The van der Waals surface area contributed by atoms with Crippen LogP contribution >= 0.6 is 0 Å². The number of aromatic nitrogens is 2. The van der Waals surface area contributed by atoms with Crippen molar-refractivity contribution in [1.82, 2.24) is 10.1 Å². The molecule has 1 fully saturated rings. The number of amides is 1. The minimum Gasteiger partial charge on any atom is -0.339 e. The van der Waals surface area contributed by atoms with Crippen LogP contribution in [0.1, 0.15) is 30.1 Å². The number of rotatable bonds is 6. The van der Waals surface area contributed by atoms with E-state index in [-0.39, 0.29) is 22.4 Å². The van der Waals surface area contributed by atoms with Gasteiger partial charge in [-0.3, -0.25) is 4.79 Å². The fourth-order valence-corrected chi connectivity index (χ4v) is 4.39. The van der Waals surface area contributed by atoms with E-state index in [9.17, 15) is 13.2 Å². The van der Waals surface area contributed by atoms with Crippen molar-refractivity contribution in [2.75, 3.05) is 11.4 Å². The third kappa shape index (κ3) is 3.96. The van der Waals surface area contributed by atoms with Gasteiger partial charge in [0.1, 0.15) is 5.75 Å². The van der Waals surface area contributed by atoms with Crippen molar-refractivity contribution in [3.63, 3.8) is 0 Å². The molecule has 28 heavy (non-hydrogen) atoms. The van der Waals surface area contributed by atoms with Gasteiger partial charge in [-0.25, -0.2) is 8.42 Å². The van der Waals surface area contributed by atoms with Crippen molar-refractivity contribution in [1.29, 1.82) is 0 Å². The molecule has 0 unspecified atom stereocenters. The monoisotopic (exact) mass is 397 g/mol. The van der Waals surface area contributed by atoms with Crippen LogP contribution in [0, 0.1) is 0 Å². The Hall–Kier alpha value is -3.00. The van der Waals surface area contributed by atoms with Crippen LogP contribution in [0.2, 0.25) is 0 Å². The Morgan fingerprint density at radius 2 is 1.79 bits per heavy atom. The van der Waals surface area contributed by atoms with Gasteiger partial charge in [0.25, 0.3) is 0 Å². The fraction of sp³-hybridized carbons (Fsp3) is 0.250. The summed E-state index contributed by atoms with van der Waals surface area (Å²) in [5, 5.41) is 3.80. The van der Waals surface area contributed by atoms with Gasteiger partial charge < -0.3 is 9.42 Å². The molecule has 1 saturated heterocycles. The SMILES string of the molecule is O=C1CCCN1c1ccc(Cc2nc(CS(=O)(=O)c3ccccc3)no2)cc1. The Morgan fingerprint density at radius 3 is 2.46 bits per heavy atom. The molecule has 0 spiro atoms. The molecule has 2 heterocycles. The van der Waals surface area contributed by atoms with Gasteiger partial charge in [0.2, 0.25) is 11.8 Å². The van der Waals surface area contributed by atoms with Gasteiger partial charge in [0, 0.05) is 18.7 Å². The lowest BCUT2D eigenvalue weighted by Gasteiger charge is -2.15. The Bertz CT molecular complexity index is 1080. The van der Waals surface area contributed by atoms with Crippen molar-refractivity contribution >= 4 is 21.4 Å². The second kappa shape index (κ2) is 7.55. The summed E-state index contributed by atoms with van der Waals surface area (Å²) in [7, 11) is -3.52. The maximum absolute atomic E-state index is 12.4. The van der Waals surface area contributed by atoms with Crippen molar-refractivity contribution in [2.45, 2.75) is 29.9 Å². The van der Waals surface area contributed by atoms with Gasteiger partial charge in [-0.05, 0) is 36.2 Å². The Labute approximate surface area is 162 Å². The summed E-state index contributed by atoms with van der Waals surface area (Å²) in [5.74, 6) is 0.326. The molecule has 4 rings (SSSR count). The Kier molecular flexibility index (Phi) is 4.95. The van der Waals surface area contributed by atoms with Crippen LogP contribution in [0.5, 0.6) is 0 Å². The molecule has 3 aromatic rings. The van der Waals surface area contributed by atoms with Crippen LogP contribution in [0.4, 0.5) is 5.69 Å². The number of hydrogen-bond acceptors (Lipinski definition) is 6. The van der Waals surface area contributed by atoms with Crippen LogP contribution in [0.25, 0.3) is 0 Å². The molecule has 0 saturated carbocycles. The predicted molar refractivity (Wildman–Crippen MR) is 102 cm³/mol. The van der Waals surface area contributed by atoms with Crippen molar-refractivity contribution in [3.8, 4) is 0 Å². The maximum atomic E-state index is 12.4. The highest BCUT2D eigenvalue weighted by Gasteiger charge is 2.22. The second-order valence-electron chi connectivity index (χ2n) is 6.67. The zero-order chi connectivity index (χ0) is 19.6. The standard InChI is InChI=1S/C20H19N3O4S/c24-20-7-4-12-23(20)16-10-8-15(9-11-16)13-19-21-18(22-27-19)14-28(25,26)17-5-2-1-3-6-17/h1-3,5-6,8-11H,4,7,12-14H2. The zero-order valence-corrected chi connectivity index (χ0v) is 15.9. The largest absolute Gasteiger partial charge is 0.339 e. The number of sulfone groups is 1. The van der Waals surface area contributed by atoms with Gasteiger partial charge in [-0.2, -0.15) is 4.98 Å². The van der Waals surface area contributed by atoms with Gasteiger partial charge in [0.05, 0.1) is 11.3 Å². The number of carbonyl (C=O) groups excluding carboxylic acids is 1. The molecule has 1 aromatic heterocycles. The van der Waals surface area contributed by atoms with Gasteiger partial charge in [-0.15, -0.1) is 0 Å². The number of nitrogens with zero attached hydrogens (tertiary/aromatic N) is 3. The molecule has 1 amide bonds. The van der Waals surface area contributed by atoms with E-state index in [4.69, 9.17) is 4.52 Å². The minimum absolute atomic E-state index is 0.137. The van der Waals surface area contributed by atoms with Crippen LogP contribution in [0.3, 0.4) is 0 Å². The summed E-state index contributed by atoms with van der Waals surface area (Å²) < 4.78 is 30.0. The molecule has 2 aromatic carbocycles. The quantitative estimate of drug-likeness (QED) is 0.635. The lowest BCUT2D eigenvalue weighted by molar-refractivity contribution is -0.117. The molecule has 1 aliphatic rings. The van der Waals surface area contributed by atoms with E-state index in [1.807, 2.05) is 24.3 Å². The van der Waals surface area contributed by atoms with E-state index in [0.29, 0.717) is 18.7 Å². The van der Waals surface area contributed by atoms with Gasteiger partial charge in [0.15, 0.2) is 15.7 Å². The van der Waals surface area contributed by atoms with Crippen molar-refractivity contribution < 1.29 is 17.7 Å². The van der Waals surface area contributed by atoms with E-state index in [1.165, 1.54) is 0 Å². The van der Waals surface area contributed by atoms with Gasteiger partial charge >= 0.3 is 0 Å². The molecule has 8 heteroatoms. The van der Waals surface area contributed by atoms with E-state index in [0.717, 1.165) is 24.2 Å². The molecule has 1 aliphatic heterocycles. The van der Waals surface area contributed by atoms with Crippen molar-refractivity contribution in [3.05, 3.63) is 71.9 Å². The van der Waals surface area contributed by atoms with Crippen LogP contribution in [-0.2, 0) is 26.8 Å². The molecular weight excluding hydrogens is 378 g/mol. The fourth-order valence-electron chi connectivity index (χ4n) is 3.19. The van der Waals surface area contributed by atoms with Crippen LogP contribution < -0.4 is 4.90 Å². The molecule has 0 atom stereocenters. The third-order valence-corrected chi connectivity index (χ3v) is 6.24. The summed E-state index contributed by atoms with van der Waals surface area (Å²) in [6.07, 6.45) is 1.88. The van der Waals surface area contributed by atoms with E-state index in [1.54, 1.807) is 35.2 Å². The summed E-state index contributed by atoms with van der Waals surface area (Å²) in [4.78, 5) is 18.0. The van der Waals surface area contributed by atoms with Crippen LogP contribution in [0.15, 0.2) is 64.0 Å². The first-order valence-electron chi connectivity index (χ1n) is 9.00. The Balaban J connectivity index is 1.43. The lowest BCUT2D eigenvalue weighted by atomic mass is 10.1. The predicted octanol–water partition coefficient (Wildman–Crippen LogP) is 2.76. The Morgan fingerprint density at radius 1 is 1.04 bits per heavy atom. The summed E-state index contributed by atoms with van der Waals surface area (Å²) in [6, 6.07) is 15.8. The molecule has 0 bridgehead atoms. The molecule has 0 aliphatic carbocycles. The van der Waals surface area contributed by atoms with E-state index < -0.39 is 9.84 Å². The third-order valence-electron chi connectivity index (χ3n) is 4.61. The number of carbonyl (C=O) groups is 1. The van der Waals surface area contributed by atoms with Crippen LogP contribution in [-0.4, -0.2) is 31.0 Å². The number of hydrogen-bond donors (Lipinski definition) is 0. The summed E-state index contributed by atoms with van der Waals surface area (Å²) in [5.41, 5.74) is 1.82. The zero-order valence-electron chi connectivity index (χ0n) is 15.1. The van der Waals surface area contributed by atoms with E-state index in [2.05, 4.69) is 10.1 Å². The first-order valence-corrected chi connectivity index (χ1v) is 10.6. The normalized spacial score (nSPS) is 14.6. The summed E-state index contributed by atoms with van der Waals surface area (Å²) >= 11 is 0. The highest BCUT2D eigenvalue weighted by molar-refractivity contribution is 7.90. The average Bonchev–Trinajstić information content (AvgIpc) is 3.31. The highest BCUT2D eigenvalue weighted by Crippen LogP contribution is 2.22. The molecule has 7 nitrogen and oxygen atoms in total. The highest BCUT2D eigenvalue weighted by atomic mass is 32.2. The first kappa shape index (κ1) is 18.4. The summed E-state index contributed by atoms with van der Waals surface area (Å²) in [6.45, 7) is 0.751. The smallest absolute Gasteiger partial charge is 0.231 e. The average molecular weight is 397 g/mol. The first-order chi connectivity index (χ1) is 13.5. The minimum atomic E-state index is -3.52. The van der Waals surface area contributed by atoms with E-state index >= 15 is 0 Å². The number of benzene rings is 2. The topological polar surface area (TPSA) is 93.4 Å². The molecule has 0 radical (unpaired) electrons. The lowest BCUT2D eigenvalue weighted by Crippen LogP contribution is -2.23.